The topological polar surface area (TPSA) is 41.9 Å². The second-order valence-electron chi connectivity index (χ2n) is 4.57. The molecule has 1 aliphatic rings. The Balaban J connectivity index is 2.39. The Labute approximate surface area is 113 Å². The number of carbonyl (C=O) groups is 1. The van der Waals surface area contributed by atoms with Crippen molar-refractivity contribution in [1.29, 1.82) is 0 Å². The zero-order chi connectivity index (χ0) is 13.7. The van der Waals surface area contributed by atoms with Crippen molar-refractivity contribution in [2.75, 3.05) is 32.2 Å². The van der Waals surface area contributed by atoms with E-state index in [1.807, 2.05) is 31.1 Å². The van der Waals surface area contributed by atoms with E-state index in [9.17, 15) is 4.79 Å². The van der Waals surface area contributed by atoms with Crippen LogP contribution in [0.25, 0.3) is 5.57 Å². The molecule has 19 heavy (non-hydrogen) atoms. The zero-order valence-electron chi connectivity index (χ0n) is 11.3. The number of aliphatic imine (C=N–C) groups is 1. The fourth-order valence-corrected chi connectivity index (χ4v) is 2.10. The lowest BCUT2D eigenvalue weighted by molar-refractivity contribution is -0.102. The van der Waals surface area contributed by atoms with E-state index in [0.717, 1.165) is 30.0 Å². The molecule has 0 amide bonds. The summed E-state index contributed by atoms with van der Waals surface area (Å²) in [7, 11) is 3.92. The summed E-state index contributed by atoms with van der Waals surface area (Å²) in [5.74, 6) is 0. The number of ether oxygens (including phenoxy) is 1. The fourth-order valence-electron chi connectivity index (χ4n) is 2.10. The van der Waals surface area contributed by atoms with Gasteiger partial charge in [0.1, 0.15) is 0 Å². The maximum absolute atomic E-state index is 10.5. The molecule has 0 aliphatic carbocycles. The number of rotatable bonds is 4. The Morgan fingerprint density at radius 2 is 2.21 bits per heavy atom. The summed E-state index contributed by atoms with van der Waals surface area (Å²) in [5.41, 5.74) is 4.22. The van der Waals surface area contributed by atoms with Crippen molar-refractivity contribution in [3.63, 3.8) is 0 Å². The van der Waals surface area contributed by atoms with Gasteiger partial charge in [0, 0.05) is 14.1 Å². The van der Waals surface area contributed by atoms with Gasteiger partial charge in [-0.25, -0.2) is 0 Å². The van der Waals surface area contributed by atoms with E-state index in [4.69, 9.17) is 4.74 Å². The molecule has 0 atom stereocenters. The van der Waals surface area contributed by atoms with Gasteiger partial charge in [0.15, 0.2) is 6.29 Å². The van der Waals surface area contributed by atoms with Crippen molar-refractivity contribution in [3.8, 4) is 0 Å². The number of anilines is 1. The van der Waals surface area contributed by atoms with Gasteiger partial charge in [-0.2, -0.15) is 0 Å². The molecule has 1 aliphatic heterocycles. The van der Waals surface area contributed by atoms with Crippen molar-refractivity contribution in [1.82, 2.24) is 0 Å². The first kappa shape index (κ1) is 13.5. The van der Waals surface area contributed by atoms with Gasteiger partial charge in [-0.05, 0) is 29.7 Å². The molecule has 2 rings (SSSR count). The van der Waals surface area contributed by atoms with Crippen LogP contribution in [0.4, 0.5) is 11.4 Å². The number of hydrogen-bond acceptors (Lipinski definition) is 4. The van der Waals surface area contributed by atoms with E-state index in [0.29, 0.717) is 12.9 Å². The fraction of sp³-hybridized carbons (Fsp3) is 0.333. The predicted molar refractivity (Wildman–Crippen MR) is 78.4 cm³/mol. The van der Waals surface area contributed by atoms with Crippen LogP contribution < -0.4 is 4.90 Å². The third-order valence-electron chi connectivity index (χ3n) is 3.07. The highest BCUT2D eigenvalue weighted by atomic mass is 16.5. The van der Waals surface area contributed by atoms with Gasteiger partial charge in [0.2, 0.25) is 0 Å². The Morgan fingerprint density at radius 1 is 1.37 bits per heavy atom. The normalized spacial score (nSPS) is 15.4. The molecule has 1 aromatic carbocycles. The molecule has 0 spiro atoms. The van der Waals surface area contributed by atoms with Crippen LogP contribution in [0.1, 0.15) is 12.0 Å². The van der Waals surface area contributed by atoms with E-state index in [1.165, 1.54) is 11.8 Å². The highest BCUT2D eigenvalue weighted by molar-refractivity contribution is 6.14. The zero-order valence-corrected chi connectivity index (χ0v) is 11.3. The molecule has 0 unspecified atom stereocenters. The average molecular weight is 258 g/mol. The summed E-state index contributed by atoms with van der Waals surface area (Å²) in [6.45, 7) is 1.42. The summed E-state index contributed by atoms with van der Waals surface area (Å²) in [5, 5.41) is 0. The summed E-state index contributed by atoms with van der Waals surface area (Å²) < 4.78 is 5.32. The van der Waals surface area contributed by atoms with Crippen LogP contribution in [0.15, 0.2) is 29.3 Å². The first-order valence-electron chi connectivity index (χ1n) is 6.28. The van der Waals surface area contributed by atoms with Crippen LogP contribution in [-0.2, 0) is 9.53 Å². The van der Waals surface area contributed by atoms with Crippen LogP contribution in [-0.4, -0.2) is 39.8 Å². The van der Waals surface area contributed by atoms with E-state index in [1.54, 1.807) is 0 Å². The van der Waals surface area contributed by atoms with Gasteiger partial charge in [0.05, 0.1) is 30.8 Å². The van der Waals surface area contributed by atoms with E-state index in [2.05, 4.69) is 17.1 Å². The van der Waals surface area contributed by atoms with Crippen LogP contribution in [0.3, 0.4) is 0 Å². The first-order valence-corrected chi connectivity index (χ1v) is 6.28. The first-order chi connectivity index (χ1) is 9.22. The van der Waals surface area contributed by atoms with Crippen molar-refractivity contribution in [2.24, 2.45) is 4.99 Å². The van der Waals surface area contributed by atoms with Crippen molar-refractivity contribution < 1.29 is 9.53 Å². The quantitative estimate of drug-likeness (QED) is 0.615. The second-order valence-corrected chi connectivity index (χ2v) is 4.57. The third kappa shape index (κ3) is 3.29. The van der Waals surface area contributed by atoms with E-state index in [-0.39, 0.29) is 0 Å². The Kier molecular flexibility index (Phi) is 4.47. The number of carbonyl (C=O) groups excluding carboxylic acids is 1. The Hall–Kier alpha value is -1.94. The highest BCUT2D eigenvalue weighted by Gasteiger charge is 2.10. The number of benzene rings is 1. The van der Waals surface area contributed by atoms with Crippen LogP contribution in [0.2, 0.25) is 0 Å². The number of nitrogens with zero attached hydrogens (tertiary/aromatic N) is 2. The standard InChI is InChI=1S/C15H18N2O2/c1-17(2)15-4-3-13(11-14(15)16-7-8-18)12-5-9-19-10-6-12/h3-5,7-8,11H,6,9-10H2,1-2H3/b16-7-. The molecule has 0 saturated carbocycles. The van der Waals surface area contributed by atoms with Crippen LogP contribution >= 0.6 is 0 Å². The van der Waals surface area contributed by atoms with Crippen molar-refractivity contribution >= 4 is 29.4 Å². The van der Waals surface area contributed by atoms with Gasteiger partial charge in [0.25, 0.3) is 0 Å². The lowest BCUT2D eigenvalue weighted by Gasteiger charge is -2.18. The maximum atomic E-state index is 10.5. The molecule has 0 bridgehead atoms. The number of hydrogen-bond donors (Lipinski definition) is 0. The smallest absolute Gasteiger partial charge is 0.161 e. The summed E-state index contributed by atoms with van der Waals surface area (Å²) in [6, 6.07) is 6.14. The van der Waals surface area contributed by atoms with Gasteiger partial charge in [-0.15, -0.1) is 0 Å². The summed E-state index contributed by atoms with van der Waals surface area (Å²) in [4.78, 5) is 16.6. The van der Waals surface area contributed by atoms with Gasteiger partial charge >= 0.3 is 0 Å². The van der Waals surface area contributed by atoms with Crippen LogP contribution in [0.5, 0.6) is 0 Å². The van der Waals surface area contributed by atoms with Crippen molar-refractivity contribution in [2.45, 2.75) is 6.42 Å². The maximum Gasteiger partial charge on any atom is 0.161 e. The molecular weight excluding hydrogens is 240 g/mol. The molecule has 0 fully saturated rings. The molecule has 0 N–H and O–H groups in total. The second kappa shape index (κ2) is 6.29. The summed E-state index contributed by atoms with van der Waals surface area (Å²) >= 11 is 0. The lowest BCUT2D eigenvalue weighted by atomic mass is 10.0. The minimum Gasteiger partial charge on any atom is -0.377 e. The monoisotopic (exact) mass is 258 g/mol. The largest absolute Gasteiger partial charge is 0.377 e. The summed E-state index contributed by atoms with van der Waals surface area (Å²) in [6.07, 6.45) is 4.99. The molecule has 0 radical (unpaired) electrons. The van der Waals surface area contributed by atoms with E-state index >= 15 is 0 Å². The molecule has 1 heterocycles. The number of aldehydes is 1. The molecule has 1 aromatic rings. The van der Waals surface area contributed by atoms with E-state index < -0.39 is 0 Å². The van der Waals surface area contributed by atoms with Gasteiger partial charge in [-0.1, -0.05) is 12.1 Å². The third-order valence-corrected chi connectivity index (χ3v) is 3.07. The van der Waals surface area contributed by atoms with Crippen LogP contribution in [0, 0.1) is 0 Å². The SMILES string of the molecule is CN(C)c1ccc(C2=CCOCC2)cc1/N=C\C=O. The molecule has 100 valence electrons. The molecule has 4 heteroatoms. The highest BCUT2D eigenvalue weighted by Crippen LogP contribution is 2.32. The molecule has 4 nitrogen and oxygen atoms in total. The van der Waals surface area contributed by atoms with Gasteiger partial charge < -0.3 is 9.64 Å². The Morgan fingerprint density at radius 3 is 2.84 bits per heavy atom. The minimum absolute atomic E-state index is 0.664. The average Bonchev–Trinajstić information content (AvgIpc) is 2.45. The van der Waals surface area contributed by atoms with Crippen molar-refractivity contribution in [3.05, 3.63) is 29.8 Å². The predicted octanol–water partition coefficient (Wildman–Crippen LogP) is 2.46. The molecule has 0 saturated heterocycles. The van der Waals surface area contributed by atoms with Gasteiger partial charge in [-0.3, -0.25) is 9.79 Å². The lowest BCUT2D eigenvalue weighted by Crippen LogP contribution is -2.09. The minimum atomic E-state index is 0.664. The molecular formula is C15H18N2O2. The molecule has 0 aromatic heterocycles. The Bertz CT molecular complexity index is 519.